The molecule has 0 aromatic heterocycles. The van der Waals surface area contributed by atoms with Crippen molar-refractivity contribution in [2.75, 3.05) is 45.7 Å². The molecule has 0 unspecified atom stereocenters. The minimum Gasteiger partial charge on any atom is -0.378 e. The average molecular weight is 273 g/mol. The lowest BCUT2D eigenvalue weighted by molar-refractivity contribution is 0.110. The Hall–Kier alpha value is -1.06. The fraction of sp³-hybridized carbons (Fsp3) is 0.647. The van der Waals surface area contributed by atoms with Gasteiger partial charge in [-0.2, -0.15) is 0 Å². The van der Waals surface area contributed by atoms with Crippen molar-refractivity contribution >= 4 is 5.69 Å². The first-order chi connectivity index (χ1) is 9.63. The van der Waals surface area contributed by atoms with Crippen LogP contribution in [-0.4, -0.2) is 56.6 Å². The van der Waals surface area contributed by atoms with Gasteiger partial charge in [-0.25, -0.2) is 0 Å². The molecule has 1 fully saturated rings. The standard InChI is InChI=1S/C17H27N3/c1-18(2)17-5-4-14-6-11-20(13-15(14)12-17)16-7-9-19(3)10-8-16/h4-5,12,16H,6-11,13H2,1-3H3. The van der Waals surface area contributed by atoms with E-state index in [-0.39, 0.29) is 0 Å². The third kappa shape index (κ3) is 2.84. The summed E-state index contributed by atoms with van der Waals surface area (Å²) >= 11 is 0. The van der Waals surface area contributed by atoms with E-state index in [0.717, 1.165) is 12.6 Å². The molecule has 0 saturated carbocycles. The van der Waals surface area contributed by atoms with Crippen molar-refractivity contribution in [2.45, 2.75) is 31.8 Å². The zero-order valence-corrected chi connectivity index (χ0v) is 13.1. The second kappa shape index (κ2) is 5.74. The molecule has 0 atom stereocenters. The van der Waals surface area contributed by atoms with Gasteiger partial charge < -0.3 is 9.80 Å². The predicted molar refractivity (Wildman–Crippen MR) is 85.4 cm³/mol. The summed E-state index contributed by atoms with van der Waals surface area (Å²) in [6.07, 6.45) is 3.88. The van der Waals surface area contributed by atoms with Crippen LogP contribution in [0.3, 0.4) is 0 Å². The number of anilines is 1. The van der Waals surface area contributed by atoms with Gasteiger partial charge in [0.05, 0.1) is 0 Å². The molecular formula is C17H27N3. The van der Waals surface area contributed by atoms with Gasteiger partial charge in [-0.05, 0) is 62.7 Å². The van der Waals surface area contributed by atoms with Crippen molar-refractivity contribution in [3.63, 3.8) is 0 Å². The van der Waals surface area contributed by atoms with Crippen molar-refractivity contribution in [3.05, 3.63) is 29.3 Å². The molecular weight excluding hydrogens is 246 g/mol. The van der Waals surface area contributed by atoms with Crippen molar-refractivity contribution < 1.29 is 0 Å². The molecule has 20 heavy (non-hydrogen) atoms. The minimum atomic E-state index is 0.794. The van der Waals surface area contributed by atoms with E-state index in [1.54, 1.807) is 11.1 Å². The van der Waals surface area contributed by atoms with E-state index < -0.39 is 0 Å². The number of nitrogens with zero attached hydrogens (tertiary/aromatic N) is 3. The number of hydrogen-bond acceptors (Lipinski definition) is 3. The number of rotatable bonds is 2. The molecule has 0 bridgehead atoms. The van der Waals surface area contributed by atoms with Crippen molar-refractivity contribution in [2.24, 2.45) is 0 Å². The number of likely N-dealkylation sites (tertiary alicyclic amines) is 1. The van der Waals surface area contributed by atoms with Crippen LogP contribution in [-0.2, 0) is 13.0 Å². The molecule has 0 aliphatic carbocycles. The summed E-state index contributed by atoms with van der Waals surface area (Å²) in [5, 5.41) is 0. The van der Waals surface area contributed by atoms with Crippen LogP contribution in [0.1, 0.15) is 24.0 Å². The van der Waals surface area contributed by atoms with Crippen LogP contribution in [0.5, 0.6) is 0 Å². The molecule has 3 heteroatoms. The molecule has 0 amide bonds. The van der Waals surface area contributed by atoms with Gasteiger partial charge >= 0.3 is 0 Å². The van der Waals surface area contributed by atoms with E-state index in [2.05, 4.69) is 54.0 Å². The van der Waals surface area contributed by atoms with E-state index in [1.165, 1.54) is 44.6 Å². The van der Waals surface area contributed by atoms with E-state index >= 15 is 0 Å². The zero-order chi connectivity index (χ0) is 14.1. The highest BCUT2D eigenvalue weighted by Crippen LogP contribution is 2.27. The summed E-state index contributed by atoms with van der Waals surface area (Å²) in [5.74, 6) is 0. The summed E-state index contributed by atoms with van der Waals surface area (Å²) in [6, 6.07) is 7.76. The molecule has 0 spiro atoms. The van der Waals surface area contributed by atoms with Crippen molar-refractivity contribution in [1.82, 2.24) is 9.80 Å². The highest BCUT2D eigenvalue weighted by molar-refractivity contribution is 5.50. The molecule has 2 heterocycles. The number of fused-ring (bicyclic) bond motifs is 1. The Labute approximate surface area is 123 Å². The lowest BCUT2D eigenvalue weighted by Crippen LogP contribution is -2.45. The quantitative estimate of drug-likeness (QED) is 0.818. The normalized spacial score (nSPS) is 21.8. The Morgan fingerprint density at radius 1 is 1.05 bits per heavy atom. The monoisotopic (exact) mass is 273 g/mol. The Morgan fingerprint density at radius 2 is 1.80 bits per heavy atom. The topological polar surface area (TPSA) is 9.72 Å². The second-order valence-electron chi connectivity index (χ2n) is 6.60. The first-order valence-corrected chi connectivity index (χ1v) is 7.85. The smallest absolute Gasteiger partial charge is 0.0364 e. The molecule has 110 valence electrons. The van der Waals surface area contributed by atoms with E-state index in [4.69, 9.17) is 0 Å². The van der Waals surface area contributed by atoms with Crippen LogP contribution < -0.4 is 4.90 Å². The first kappa shape index (κ1) is 13.9. The first-order valence-electron chi connectivity index (χ1n) is 7.85. The Kier molecular flexibility index (Phi) is 3.99. The molecule has 0 N–H and O–H groups in total. The van der Waals surface area contributed by atoms with Crippen molar-refractivity contribution in [3.8, 4) is 0 Å². The summed E-state index contributed by atoms with van der Waals surface area (Å²) < 4.78 is 0. The van der Waals surface area contributed by atoms with Gasteiger partial charge in [0.2, 0.25) is 0 Å². The maximum atomic E-state index is 2.72. The SMILES string of the molecule is CN1CCC(N2CCc3ccc(N(C)C)cc3C2)CC1. The van der Waals surface area contributed by atoms with Gasteiger partial charge in [0.1, 0.15) is 0 Å². The summed E-state index contributed by atoms with van der Waals surface area (Å²) in [5.41, 5.74) is 4.43. The van der Waals surface area contributed by atoms with E-state index in [0.29, 0.717) is 0 Å². The Morgan fingerprint density at radius 3 is 2.50 bits per heavy atom. The molecule has 0 radical (unpaired) electrons. The van der Waals surface area contributed by atoms with Crippen LogP contribution in [0, 0.1) is 0 Å². The largest absolute Gasteiger partial charge is 0.378 e. The summed E-state index contributed by atoms with van der Waals surface area (Å²) in [6.45, 7) is 4.89. The fourth-order valence-corrected chi connectivity index (χ4v) is 3.52. The van der Waals surface area contributed by atoms with Crippen LogP contribution >= 0.6 is 0 Å². The van der Waals surface area contributed by atoms with Gasteiger partial charge in [0, 0.05) is 38.9 Å². The third-order valence-corrected chi connectivity index (χ3v) is 4.95. The second-order valence-corrected chi connectivity index (χ2v) is 6.60. The number of hydrogen-bond donors (Lipinski definition) is 0. The summed E-state index contributed by atoms with van der Waals surface area (Å²) in [4.78, 5) is 7.38. The molecule has 2 aliphatic rings. The average Bonchev–Trinajstić information content (AvgIpc) is 2.47. The van der Waals surface area contributed by atoms with E-state index in [9.17, 15) is 0 Å². The van der Waals surface area contributed by atoms with Crippen molar-refractivity contribution in [1.29, 1.82) is 0 Å². The van der Waals surface area contributed by atoms with E-state index in [1.807, 2.05) is 0 Å². The maximum Gasteiger partial charge on any atom is 0.0364 e. The molecule has 1 saturated heterocycles. The third-order valence-electron chi connectivity index (χ3n) is 4.95. The molecule has 1 aromatic rings. The van der Waals surface area contributed by atoms with Gasteiger partial charge in [0.15, 0.2) is 0 Å². The molecule has 2 aliphatic heterocycles. The van der Waals surface area contributed by atoms with Crippen LogP contribution in [0.4, 0.5) is 5.69 Å². The molecule has 1 aromatic carbocycles. The van der Waals surface area contributed by atoms with Gasteiger partial charge in [-0.1, -0.05) is 6.07 Å². The van der Waals surface area contributed by atoms with Gasteiger partial charge in [0.25, 0.3) is 0 Å². The summed E-state index contributed by atoms with van der Waals surface area (Å²) in [7, 11) is 6.49. The zero-order valence-electron chi connectivity index (χ0n) is 13.1. The highest BCUT2D eigenvalue weighted by atomic mass is 15.2. The number of benzene rings is 1. The van der Waals surface area contributed by atoms with Gasteiger partial charge in [-0.3, -0.25) is 4.90 Å². The lowest BCUT2D eigenvalue weighted by Gasteiger charge is -2.40. The van der Waals surface area contributed by atoms with Crippen LogP contribution in [0.25, 0.3) is 0 Å². The highest BCUT2D eigenvalue weighted by Gasteiger charge is 2.26. The predicted octanol–water partition coefficient (Wildman–Crippen LogP) is 2.20. The minimum absolute atomic E-state index is 0.794. The fourth-order valence-electron chi connectivity index (χ4n) is 3.52. The molecule has 3 nitrogen and oxygen atoms in total. The Balaban J connectivity index is 1.72. The lowest BCUT2D eigenvalue weighted by atomic mass is 9.95. The number of piperidine rings is 1. The van der Waals surface area contributed by atoms with Crippen LogP contribution in [0.2, 0.25) is 0 Å². The van der Waals surface area contributed by atoms with Gasteiger partial charge in [-0.15, -0.1) is 0 Å². The molecule has 3 rings (SSSR count). The maximum absolute atomic E-state index is 2.72. The van der Waals surface area contributed by atoms with Crippen LogP contribution in [0.15, 0.2) is 18.2 Å². The Bertz CT molecular complexity index is 461.